The molecule has 3 nitrogen and oxygen atoms in total. The average molecular weight is 248 g/mol. The Morgan fingerprint density at radius 2 is 2.11 bits per heavy atom. The Bertz CT molecular complexity index is 381. The fraction of sp³-hybridized carbons (Fsp3) is 0.600. The molecule has 1 N–H and O–H groups in total. The van der Waals surface area contributed by atoms with E-state index < -0.39 is 0 Å². The van der Waals surface area contributed by atoms with Crippen LogP contribution >= 0.6 is 0 Å². The SMILES string of the molecule is CNC1CCC(N(C)Cc2ccccc2OC)C1. The Morgan fingerprint density at radius 3 is 2.78 bits per heavy atom. The summed E-state index contributed by atoms with van der Waals surface area (Å²) in [4.78, 5) is 2.45. The summed E-state index contributed by atoms with van der Waals surface area (Å²) in [6.07, 6.45) is 3.83. The lowest BCUT2D eigenvalue weighted by Crippen LogP contribution is -2.31. The van der Waals surface area contributed by atoms with Crippen molar-refractivity contribution >= 4 is 0 Å². The van der Waals surface area contributed by atoms with Gasteiger partial charge in [-0.15, -0.1) is 0 Å². The third-order valence-corrected chi connectivity index (χ3v) is 4.05. The van der Waals surface area contributed by atoms with E-state index in [4.69, 9.17) is 4.74 Å². The zero-order chi connectivity index (χ0) is 13.0. The zero-order valence-electron chi connectivity index (χ0n) is 11.6. The molecule has 3 heteroatoms. The minimum atomic E-state index is 0.687. The van der Waals surface area contributed by atoms with Crippen LogP contribution in [-0.4, -0.2) is 38.2 Å². The molecule has 0 heterocycles. The smallest absolute Gasteiger partial charge is 0.123 e. The quantitative estimate of drug-likeness (QED) is 0.865. The lowest BCUT2D eigenvalue weighted by atomic mass is 10.1. The van der Waals surface area contributed by atoms with Gasteiger partial charge in [0.25, 0.3) is 0 Å². The molecule has 100 valence electrons. The first-order valence-electron chi connectivity index (χ1n) is 6.74. The summed E-state index contributed by atoms with van der Waals surface area (Å²) in [5.41, 5.74) is 1.27. The molecule has 0 bridgehead atoms. The predicted octanol–water partition coefficient (Wildman–Crippen LogP) is 2.27. The van der Waals surface area contributed by atoms with Crippen molar-refractivity contribution in [1.82, 2.24) is 10.2 Å². The Balaban J connectivity index is 1.96. The molecule has 1 aromatic rings. The van der Waals surface area contributed by atoms with E-state index in [0.29, 0.717) is 12.1 Å². The highest BCUT2D eigenvalue weighted by atomic mass is 16.5. The van der Waals surface area contributed by atoms with Crippen molar-refractivity contribution < 1.29 is 4.74 Å². The van der Waals surface area contributed by atoms with Crippen molar-refractivity contribution in [3.8, 4) is 5.75 Å². The second-order valence-corrected chi connectivity index (χ2v) is 5.18. The predicted molar refractivity (Wildman–Crippen MR) is 74.9 cm³/mol. The van der Waals surface area contributed by atoms with Gasteiger partial charge in [-0.05, 0) is 39.4 Å². The van der Waals surface area contributed by atoms with Gasteiger partial charge in [0.05, 0.1) is 7.11 Å². The lowest BCUT2D eigenvalue weighted by Gasteiger charge is -2.25. The van der Waals surface area contributed by atoms with Crippen LogP contribution in [0.4, 0.5) is 0 Å². The van der Waals surface area contributed by atoms with E-state index >= 15 is 0 Å². The van der Waals surface area contributed by atoms with Gasteiger partial charge >= 0.3 is 0 Å². The van der Waals surface area contributed by atoms with Crippen LogP contribution in [0.5, 0.6) is 5.75 Å². The van der Waals surface area contributed by atoms with E-state index in [1.54, 1.807) is 7.11 Å². The first-order chi connectivity index (χ1) is 8.74. The number of para-hydroxylation sites is 1. The molecule has 0 amide bonds. The number of nitrogens with one attached hydrogen (secondary N) is 1. The topological polar surface area (TPSA) is 24.5 Å². The summed E-state index contributed by atoms with van der Waals surface area (Å²) in [6.45, 7) is 0.963. The maximum absolute atomic E-state index is 5.41. The zero-order valence-corrected chi connectivity index (χ0v) is 11.6. The Morgan fingerprint density at radius 1 is 1.33 bits per heavy atom. The maximum atomic E-state index is 5.41. The largest absolute Gasteiger partial charge is 0.496 e. The number of methoxy groups -OCH3 is 1. The van der Waals surface area contributed by atoms with Crippen LogP contribution in [0.3, 0.4) is 0 Å². The van der Waals surface area contributed by atoms with E-state index in [1.807, 2.05) is 12.1 Å². The molecule has 1 aliphatic rings. The third kappa shape index (κ3) is 3.03. The van der Waals surface area contributed by atoms with Crippen LogP contribution in [0.2, 0.25) is 0 Å². The van der Waals surface area contributed by atoms with Crippen molar-refractivity contribution in [3.63, 3.8) is 0 Å². The molecule has 2 unspecified atom stereocenters. The number of benzene rings is 1. The van der Waals surface area contributed by atoms with Gasteiger partial charge in [-0.2, -0.15) is 0 Å². The van der Waals surface area contributed by atoms with Crippen molar-refractivity contribution in [2.45, 2.75) is 37.9 Å². The van der Waals surface area contributed by atoms with E-state index in [0.717, 1.165) is 12.3 Å². The molecule has 0 saturated heterocycles. The number of nitrogens with zero attached hydrogens (tertiary/aromatic N) is 1. The number of hydrogen-bond donors (Lipinski definition) is 1. The van der Waals surface area contributed by atoms with Crippen LogP contribution in [0.1, 0.15) is 24.8 Å². The summed E-state index contributed by atoms with van der Waals surface area (Å²) >= 11 is 0. The normalized spacial score (nSPS) is 23.6. The van der Waals surface area contributed by atoms with Crippen molar-refractivity contribution in [1.29, 1.82) is 0 Å². The monoisotopic (exact) mass is 248 g/mol. The van der Waals surface area contributed by atoms with E-state index in [1.165, 1.54) is 24.8 Å². The molecule has 2 atom stereocenters. The van der Waals surface area contributed by atoms with Crippen LogP contribution in [-0.2, 0) is 6.54 Å². The van der Waals surface area contributed by atoms with Crippen molar-refractivity contribution in [2.75, 3.05) is 21.2 Å². The van der Waals surface area contributed by atoms with Gasteiger partial charge in [0, 0.05) is 24.2 Å². The number of rotatable bonds is 5. The second kappa shape index (κ2) is 6.21. The van der Waals surface area contributed by atoms with Crippen LogP contribution in [0, 0.1) is 0 Å². The van der Waals surface area contributed by atoms with Crippen LogP contribution < -0.4 is 10.1 Å². The molecule has 18 heavy (non-hydrogen) atoms. The minimum Gasteiger partial charge on any atom is -0.496 e. The molecular weight excluding hydrogens is 224 g/mol. The molecule has 1 aromatic carbocycles. The molecule has 1 saturated carbocycles. The molecule has 1 fully saturated rings. The average Bonchev–Trinajstić information content (AvgIpc) is 2.88. The van der Waals surface area contributed by atoms with Crippen LogP contribution in [0.25, 0.3) is 0 Å². The molecule has 2 rings (SSSR count). The maximum Gasteiger partial charge on any atom is 0.123 e. The third-order valence-electron chi connectivity index (χ3n) is 4.05. The molecule has 0 spiro atoms. The Hall–Kier alpha value is -1.06. The standard InChI is InChI=1S/C15H24N2O/c1-16-13-8-9-14(10-13)17(2)11-12-6-4-5-7-15(12)18-3/h4-7,13-14,16H,8-11H2,1-3H3. The van der Waals surface area contributed by atoms with E-state index in [2.05, 4.69) is 36.4 Å². The highest BCUT2D eigenvalue weighted by molar-refractivity contribution is 5.33. The van der Waals surface area contributed by atoms with Gasteiger partial charge in [-0.1, -0.05) is 18.2 Å². The highest BCUT2D eigenvalue weighted by Gasteiger charge is 2.26. The fourth-order valence-corrected chi connectivity index (χ4v) is 2.85. The Kier molecular flexibility index (Phi) is 4.61. The first kappa shape index (κ1) is 13.4. The van der Waals surface area contributed by atoms with Crippen molar-refractivity contribution in [2.24, 2.45) is 0 Å². The summed E-state index contributed by atoms with van der Waals surface area (Å²) in [5.74, 6) is 0.993. The molecule has 0 radical (unpaired) electrons. The van der Waals surface area contributed by atoms with Gasteiger partial charge in [-0.3, -0.25) is 4.90 Å². The van der Waals surface area contributed by atoms with Gasteiger partial charge in [-0.25, -0.2) is 0 Å². The lowest BCUT2D eigenvalue weighted by molar-refractivity contribution is 0.231. The minimum absolute atomic E-state index is 0.687. The fourth-order valence-electron chi connectivity index (χ4n) is 2.85. The summed E-state index contributed by atoms with van der Waals surface area (Å²) < 4.78 is 5.41. The van der Waals surface area contributed by atoms with Crippen molar-refractivity contribution in [3.05, 3.63) is 29.8 Å². The van der Waals surface area contributed by atoms with Gasteiger partial charge in [0.15, 0.2) is 0 Å². The van der Waals surface area contributed by atoms with E-state index in [-0.39, 0.29) is 0 Å². The summed E-state index contributed by atoms with van der Waals surface area (Å²) in [5, 5.41) is 3.38. The first-order valence-corrected chi connectivity index (χ1v) is 6.74. The molecular formula is C15H24N2O. The number of ether oxygens (including phenoxy) is 1. The van der Waals surface area contributed by atoms with E-state index in [9.17, 15) is 0 Å². The Labute approximate surface area is 110 Å². The second-order valence-electron chi connectivity index (χ2n) is 5.18. The van der Waals surface area contributed by atoms with Crippen LogP contribution in [0.15, 0.2) is 24.3 Å². The van der Waals surface area contributed by atoms with Gasteiger partial charge in [0.1, 0.15) is 5.75 Å². The number of hydrogen-bond acceptors (Lipinski definition) is 3. The summed E-state index contributed by atoms with van der Waals surface area (Å²) in [7, 11) is 6.02. The molecule has 0 aromatic heterocycles. The summed E-state index contributed by atoms with van der Waals surface area (Å²) in [6, 6.07) is 9.67. The van der Waals surface area contributed by atoms with Gasteiger partial charge in [0.2, 0.25) is 0 Å². The van der Waals surface area contributed by atoms with Gasteiger partial charge < -0.3 is 10.1 Å². The molecule has 1 aliphatic carbocycles. The highest BCUT2D eigenvalue weighted by Crippen LogP contribution is 2.26. The molecule has 0 aliphatic heterocycles.